The number of halogens is 1. The fourth-order valence-corrected chi connectivity index (χ4v) is 11.4. The predicted octanol–water partition coefficient (Wildman–Crippen LogP) is 7.21. The van der Waals surface area contributed by atoms with Gasteiger partial charge in [0.1, 0.15) is 12.4 Å². The van der Waals surface area contributed by atoms with Crippen molar-refractivity contribution in [3.63, 3.8) is 0 Å². The number of rotatable bonds is 6. The SMILES string of the molecule is CO[C@H]1/C=C/C[C@H](C)[C@@H](C)[S@@](=O)(CC(=O)COC2CCOCC2)=NC(=O)c2ccc3c(c2)N(C[C@@H]2CC[C@H]21)C[C@@]1(CCCc2cc(Cl)ccc21)CO3. The summed E-state index contributed by atoms with van der Waals surface area (Å²) < 4.78 is 43.4. The molecule has 0 N–H and O–H groups in total. The number of Topliss-reactive ketones (excluding diaryl/α,β-unsaturated/α-hetero) is 1. The van der Waals surface area contributed by atoms with Gasteiger partial charge in [0.05, 0.1) is 40.0 Å². The normalized spacial score (nSPS) is 33.1. The van der Waals surface area contributed by atoms with E-state index < -0.39 is 20.9 Å². The maximum atomic E-state index is 14.9. The lowest BCUT2D eigenvalue weighted by molar-refractivity contribution is -0.125. The summed E-state index contributed by atoms with van der Waals surface area (Å²) in [5, 5.41) is 0.217. The molecule has 11 heteroatoms. The van der Waals surface area contributed by atoms with E-state index in [9.17, 15) is 13.8 Å². The first-order valence-electron chi connectivity index (χ1n) is 19.1. The van der Waals surface area contributed by atoms with Crippen LogP contribution in [0, 0.1) is 17.8 Å². The zero-order valence-electron chi connectivity index (χ0n) is 30.7. The number of allylic oxidation sites excluding steroid dienone is 1. The predicted molar refractivity (Wildman–Crippen MR) is 204 cm³/mol. The van der Waals surface area contributed by atoms with Gasteiger partial charge in [0, 0.05) is 54.7 Å². The summed E-state index contributed by atoms with van der Waals surface area (Å²) in [7, 11) is -1.55. The first kappa shape index (κ1) is 37.6. The van der Waals surface area contributed by atoms with Crippen molar-refractivity contribution in [1.29, 1.82) is 0 Å². The molecule has 0 aromatic heterocycles. The van der Waals surface area contributed by atoms with Crippen molar-refractivity contribution in [2.75, 3.05) is 57.3 Å². The number of benzene rings is 2. The van der Waals surface area contributed by atoms with E-state index in [1.54, 1.807) is 13.2 Å². The Kier molecular flexibility index (Phi) is 11.5. The van der Waals surface area contributed by atoms with Crippen LogP contribution in [0.15, 0.2) is 52.9 Å². The van der Waals surface area contributed by atoms with Gasteiger partial charge in [-0.05, 0) is 118 Å². The minimum Gasteiger partial charge on any atom is -0.490 e. The Morgan fingerprint density at radius 1 is 1.12 bits per heavy atom. The highest BCUT2D eigenvalue weighted by Crippen LogP contribution is 2.47. The van der Waals surface area contributed by atoms with Gasteiger partial charge in [-0.15, -0.1) is 0 Å². The maximum absolute atomic E-state index is 14.9. The Morgan fingerprint density at radius 3 is 2.71 bits per heavy atom. The van der Waals surface area contributed by atoms with Crippen molar-refractivity contribution in [2.45, 2.75) is 88.1 Å². The highest BCUT2D eigenvalue weighted by Gasteiger charge is 2.44. The molecule has 3 aliphatic heterocycles. The first-order valence-corrected chi connectivity index (χ1v) is 21.2. The van der Waals surface area contributed by atoms with Crippen LogP contribution in [0.2, 0.25) is 5.02 Å². The Morgan fingerprint density at radius 2 is 1.94 bits per heavy atom. The summed E-state index contributed by atoms with van der Waals surface area (Å²) in [6.07, 6.45) is 11.4. The maximum Gasteiger partial charge on any atom is 0.285 e. The summed E-state index contributed by atoms with van der Waals surface area (Å²) in [6.45, 7) is 6.93. The highest BCUT2D eigenvalue weighted by atomic mass is 35.5. The number of ketones is 1. The van der Waals surface area contributed by atoms with Crippen LogP contribution in [0.4, 0.5) is 5.69 Å². The molecule has 2 bridgehead atoms. The highest BCUT2D eigenvalue weighted by molar-refractivity contribution is 7.95. The minimum atomic E-state index is -3.32. The van der Waals surface area contributed by atoms with Gasteiger partial charge < -0.3 is 23.8 Å². The van der Waals surface area contributed by atoms with Gasteiger partial charge in [-0.2, -0.15) is 4.36 Å². The number of amides is 1. The van der Waals surface area contributed by atoms with Crippen LogP contribution in [-0.2, 0) is 40.6 Å². The molecule has 52 heavy (non-hydrogen) atoms. The van der Waals surface area contributed by atoms with Gasteiger partial charge in [-0.25, -0.2) is 4.21 Å². The van der Waals surface area contributed by atoms with Gasteiger partial charge in [0.25, 0.3) is 5.91 Å². The van der Waals surface area contributed by atoms with Crippen LogP contribution in [0.25, 0.3) is 0 Å². The van der Waals surface area contributed by atoms with E-state index in [0.29, 0.717) is 43.6 Å². The molecule has 1 saturated heterocycles. The Labute approximate surface area is 313 Å². The molecular formula is C41H53ClN2O7S. The van der Waals surface area contributed by atoms with Gasteiger partial charge in [-0.3, -0.25) is 9.59 Å². The fraction of sp³-hybridized carbons (Fsp3) is 0.610. The standard InChI is InChI=1S/C41H53ClN2O7S/c1-27-6-4-8-38(48-3)35-12-9-31(35)22-44-25-41(17-5-7-29-20-32(42)11-13-36(29)41)26-51-39-14-10-30(21-37(39)44)40(46)43-52(47,28(27)2)24-33(45)23-50-34-15-18-49-19-16-34/h4,8,10-11,13-14,20-21,27-28,31,34-35,38H,5-7,9,12,15-19,22-26H2,1-3H3/b8-4+/t27-,28+,31-,35+,38-,41-,52-/m0/s1. The molecule has 1 spiro atoms. The Hall–Kier alpha value is -2.76. The topological polar surface area (TPSA) is 104 Å². The zero-order chi connectivity index (χ0) is 36.5. The molecule has 2 fully saturated rings. The number of hydrogen-bond acceptors (Lipinski definition) is 8. The molecule has 7 atom stereocenters. The number of fused-ring (bicyclic) bond motifs is 4. The molecule has 5 aliphatic rings. The van der Waals surface area contributed by atoms with E-state index >= 15 is 0 Å². The van der Waals surface area contributed by atoms with E-state index in [4.69, 9.17) is 30.5 Å². The second-order valence-electron chi connectivity index (χ2n) is 15.7. The van der Waals surface area contributed by atoms with Gasteiger partial charge in [0.2, 0.25) is 0 Å². The third-order valence-electron chi connectivity index (χ3n) is 12.4. The van der Waals surface area contributed by atoms with E-state index in [1.807, 2.05) is 32.0 Å². The van der Waals surface area contributed by atoms with Crippen molar-refractivity contribution in [3.05, 3.63) is 70.3 Å². The molecule has 2 aromatic rings. The quantitative estimate of drug-likeness (QED) is 0.286. The van der Waals surface area contributed by atoms with E-state index in [2.05, 4.69) is 33.5 Å². The lowest BCUT2D eigenvalue weighted by atomic mass is 9.68. The molecule has 1 saturated carbocycles. The monoisotopic (exact) mass is 752 g/mol. The summed E-state index contributed by atoms with van der Waals surface area (Å²) in [4.78, 5) is 29.9. The van der Waals surface area contributed by atoms with Gasteiger partial charge in [-0.1, -0.05) is 36.7 Å². The van der Waals surface area contributed by atoms with Crippen LogP contribution in [0.3, 0.4) is 0 Å². The van der Waals surface area contributed by atoms with E-state index in [1.165, 1.54) is 11.1 Å². The average Bonchev–Trinajstić information content (AvgIpc) is 3.28. The number of ether oxygens (including phenoxy) is 4. The molecule has 9 nitrogen and oxygen atoms in total. The summed E-state index contributed by atoms with van der Waals surface area (Å²) in [6, 6.07) is 11.7. The third-order valence-corrected chi connectivity index (χ3v) is 15.5. The van der Waals surface area contributed by atoms with Crippen LogP contribution >= 0.6 is 11.6 Å². The zero-order valence-corrected chi connectivity index (χ0v) is 32.3. The van der Waals surface area contributed by atoms with Crippen molar-refractivity contribution >= 4 is 38.7 Å². The van der Waals surface area contributed by atoms with Gasteiger partial charge >= 0.3 is 0 Å². The molecule has 2 aliphatic carbocycles. The molecule has 0 radical (unpaired) electrons. The molecule has 7 rings (SSSR count). The number of carbonyl (C=O) groups excluding carboxylic acids is 2. The largest absolute Gasteiger partial charge is 0.490 e. The first-order chi connectivity index (χ1) is 25.1. The van der Waals surface area contributed by atoms with Crippen molar-refractivity contribution in [2.24, 2.45) is 22.1 Å². The summed E-state index contributed by atoms with van der Waals surface area (Å²) >= 11 is 6.47. The molecule has 1 amide bonds. The second kappa shape index (κ2) is 15.9. The molecule has 3 heterocycles. The molecule has 282 valence electrons. The average molecular weight is 753 g/mol. The Balaban J connectivity index is 1.26. The summed E-state index contributed by atoms with van der Waals surface area (Å²) in [5.41, 5.74) is 3.49. The van der Waals surface area contributed by atoms with Crippen molar-refractivity contribution in [3.8, 4) is 5.75 Å². The third kappa shape index (κ3) is 7.88. The van der Waals surface area contributed by atoms with Crippen LogP contribution in [0.1, 0.15) is 80.3 Å². The van der Waals surface area contributed by atoms with Crippen LogP contribution < -0.4 is 9.64 Å². The smallest absolute Gasteiger partial charge is 0.285 e. The number of aryl methyl sites for hydroxylation is 1. The lowest BCUT2D eigenvalue weighted by Crippen LogP contribution is -2.49. The van der Waals surface area contributed by atoms with Crippen molar-refractivity contribution in [1.82, 2.24) is 0 Å². The molecule has 2 aromatic carbocycles. The van der Waals surface area contributed by atoms with Crippen LogP contribution in [-0.4, -0.2) is 85.7 Å². The fourth-order valence-electron chi connectivity index (χ4n) is 8.93. The minimum absolute atomic E-state index is 0.0470. The number of hydrogen-bond donors (Lipinski definition) is 0. The number of carbonyl (C=O) groups is 2. The van der Waals surface area contributed by atoms with Crippen molar-refractivity contribution < 1.29 is 32.7 Å². The van der Waals surface area contributed by atoms with Crippen LogP contribution in [0.5, 0.6) is 5.75 Å². The second-order valence-corrected chi connectivity index (χ2v) is 18.8. The number of nitrogens with zero attached hydrogens (tertiary/aromatic N) is 2. The Bertz CT molecular complexity index is 1800. The van der Waals surface area contributed by atoms with E-state index in [-0.39, 0.29) is 41.7 Å². The number of anilines is 1. The van der Waals surface area contributed by atoms with Gasteiger partial charge in [0.15, 0.2) is 5.78 Å². The molecule has 0 unspecified atom stereocenters. The molecular weight excluding hydrogens is 700 g/mol. The lowest BCUT2D eigenvalue weighted by Gasteiger charge is -2.46. The number of methoxy groups -OCH3 is 1. The summed E-state index contributed by atoms with van der Waals surface area (Å²) in [5.74, 6) is 0.129. The van der Waals surface area contributed by atoms with E-state index in [0.717, 1.165) is 74.5 Å².